The van der Waals surface area contributed by atoms with Gasteiger partial charge in [0.2, 0.25) is 5.91 Å². The highest BCUT2D eigenvalue weighted by Gasteiger charge is 2.38. The highest BCUT2D eigenvalue weighted by Crippen LogP contribution is 2.33. The number of nitrogens with zero attached hydrogens (tertiary/aromatic N) is 4. The Kier molecular flexibility index (Phi) is 8.52. The number of amides is 2. The number of likely N-dealkylation sites (tertiary alicyclic amines) is 1. The number of pyridine rings is 1. The van der Waals surface area contributed by atoms with Crippen molar-refractivity contribution in [3.8, 4) is 5.75 Å². The molecule has 2 fully saturated rings. The van der Waals surface area contributed by atoms with Crippen LogP contribution in [0.3, 0.4) is 0 Å². The minimum atomic E-state index is -4.66. The Hall–Kier alpha value is -3.34. The SMILES string of the molecule is COCCOc1ccccc1N1CCN(C(=O)C2CCCN(C(=O)c3cnccc3C(F)(F)F)C2)CC1. The summed E-state index contributed by atoms with van der Waals surface area (Å²) in [5.41, 5.74) is -0.538. The molecule has 2 aromatic rings. The minimum absolute atomic E-state index is 0.0657. The minimum Gasteiger partial charge on any atom is -0.489 e. The van der Waals surface area contributed by atoms with Crippen molar-refractivity contribution in [1.82, 2.24) is 14.8 Å². The topological polar surface area (TPSA) is 75.2 Å². The van der Waals surface area contributed by atoms with Crippen molar-refractivity contribution in [2.75, 3.05) is 64.5 Å². The molecule has 8 nitrogen and oxygen atoms in total. The average molecular weight is 521 g/mol. The van der Waals surface area contributed by atoms with Crippen LogP contribution in [-0.4, -0.2) is 86.2 Å². The smallest absolute Gasteiger partial charge is 0.417 e. The number of methoxy groups -OCH3 is 1. The molecular formula is C26H31F3N4O4. The summed E-state index contributed by atoms with van der Waals surface area (Å²) in [4.78, 5) is 35.3. The van der Waals surface area contributed by atoms with Crippen LogP contribution in [0.2, 0.25) is 0 Å². The van der Waals surface area contributed by atoms with E-state index < -0.39 is 29.1 Å². The number of piperazine rings is 1. The number of aromatic nitrogens is 1. The van der Waals surface area contributed by atoms with E-state index in [-0.39, 0.29) is 12.5 Å². The lowest BCUT2D eigenvalue weighted by Gasteiger charge is -2.40. The number of para-hydroxylation sites is 2. The van der Waals surface area contributed by atoms with Crippen LogP contribution in [0, 0.1) is 5.92 Å². The van der Waals surface area contributed by atoms with E-state index in [0.29, 0.717) is 58.8 Å². The fourth-order valence-electron chi connectivity index (χ4n) is 4.85. The monoisotopic (exact) mass is 520 g/mol. The third-order valence-electron chi connectivity index (χ3n) is 6.76. The van der Waals surface area contributed by atoms with Crippen molar-refractivity contribution in [3.05, 3.63) is 53.9 Å². The first-order valence-corrected chi connectivity index (χ1v) is 12.3. The first-order chi connectivity index (χ1) is 17.8. The van der Waals surface area contributed by atoms with Crippen LogP contribution in [0.4, 0.5) is 18.9 Å². The van der Waals surface area contributed by atoms with Gasteiger partial charge in [0, 0.05) is 58.8 Å². The molecule has 0 bridgehead atoms. The maximum absolute atomic E-state index is 13.4. The third-order valence-corrected chi connectivity index (χ3v) is 6.76. The molecule has 1 atom stereocenters. The van der Waals surface area contributed by atoms with Crippen molar-refractivity contribution >= 4 is 17.5 Å². The number of anilines is 1. The number of alkyl halides is 3. The van der Waals surface area contributed by atoms with Gasteiger partial charge in [-0.25, -0.2) is 0 Å². The summed E-state index contributed by atoms with van der Waals surface area (Å²) in [5, 5.41) is 0. The summed E-state index contributed by atoms with van der Waals surface area (Å²) in [6, 6.07) is 8.54. The van der Waals surface area contributed by atoms with Crippen LogP contribution >= 0.6 is 0 Å². The van der Waals surface area contributed by atoms with Gasteiger partial charge in [-0.1, -0.05) is 12.1 Å². The van der Waals surface area contributed by atoms with Gasteiger partial charge in [0.1, 0.15) is 12.4 Å². The Morgan fingerprint density at radius 1 is 1.03 bits per heavy atom. The second kappa shape index (κ2) is 11.8. The Bertz CT molecular complexity index is 1090. The van der Waals surface area contributed by atoms with Gasteiger partial charge in [-0.2, -0.15) is 13.2 Å². The van der Waals surface area contributed by atoms with Crippen molar-refractivity contribution in [3.63, 3.8) is 0 Å². The number of ether oxygens (including phenoxy) is 2. The van der Waals surface area contributed by atoms with E-state index in [4.69, 9.17) is 9.47 Å². The summed E-state index contributed by atoms with van der Waals surface area (Å²) in [5.74, 6) is -0.494. The van der Waals surface area contributed by atoms with Gasteiger partial charge >= 0.3 is 6.18 Å². The zero-order chi connectivity index (χ0) is 26.4. The Morgan fingerprint density at radius 3 is 2.51 bits per heavy atom. The predicted molar refractivity (Wildman–Crippen MR) is 130 cm³/mol. The molecule has 3 heterocycles. The van der Waals surface area contributed by atoms with Gasteiger partial charge in [-0.3, -0.25) is 14.6 Å². The number of rotatable bonds is 7. The van der Waals surface area contributed by atoms with Crippen LogP contribution in [0.15, 0.2) is 42.7 Å². The summed E-state index contributed by atoms with van der Waals surface area (Å²) >= 11 is 0. The second-order valence-electron chi connectivity index (χ2n) is 9.13. The summed E-state index contributed by atoms with van der Waals surface area (Å²) in [7, 11) is 1.62. The molecule has 0 N–H and O–H groups in total. The standard InChI is InChI=1S/C26H31F3N4O4/c1-36-15-16-37-23-7-3-2-6-22(23)31-11-13-32(14-12-31)24(34)19-5-4-10-33(18-19)25(35)20-17-30-9-8-21(20)26(27,28)29/h2-3,6-9,17,19H,4-5,10-16,18H2,1H3. The van der Waals surface area contributed by atoms with Crippen molar-refractivity contribution in [2.24, 2.45) is 5.92 Å². The molecule has 200 valence electrons. The lowest BCUT2D eigenvalue weighted by molar-refractivity contribution is -0.139. The maximum atomic E-state index is 13.4. The molecule has 0 radical (unpaired) electrons. The summed E-state index contributed by atoms with van der Waals surface area (Å²) in [6.07, 6.45) is -1.54. The van der Waals surface area contributed by atoms with Gasteiger partial charge in [0.25, 0.3) is 5.91 Å². The zero-order valence-corrected chi connectivity index (χ0v) is 20.7. The predicted octanol–water partition coefficient (Wildman–Crippen LogP) is 3.33. The van der Waals surface area contributed by atoms with E-state index in [0.717, 1.165) is 29.9 Å². The number of halogens is 3. The molecule has 2 aliphatic heterocycles. The Balaban J connectivity index is 1.37. The fraction of sp³-hybridized carbons (Fsp3) is 0.500. The van der Waals surface area contributed by atoms with E-state index in [2.05, 4.69) is 9.88 Å². The molecule has 2 amide bonds. The van der Waals surface area contributed by atoms with E-state index in [1.54, 1.807) is 12.0 Å². The number of piperidine rings is 1. The largest absolute Gasteiger partial charge is 0.489 e. The van der Waals surface area contributed by atoms with Crippen LogP contribution in [0.5, 0.6) is 5.75 Å². The maximum Gasteiger partial charge on any atom is 0.417 e. The van der Waals surface area contributed by atoms with Gasteiger partial charge in [-0.15, -0.1) is 0 Å². The Labute approximate surface area is 213 Å². The summed E-state index contributed by atoms with van der Waals surface area (Å²) in [6.45, 7) is 3.59. The number of carbonyl (C=O) groups excluding carboxylic acids is 2. The highest BCUT2D eigenvalue weighted by atomic mass is 19.4. The van der Waals surface area contributed by atoms with Crippen molar-refractivity contribution in [1.29, 1.82) is 0 Å². The lowest BCUT2D eigenvalue weighted by atomic mass is 9.95. The fourth-order valence-corrected chi connectivity index (χ4v) is 4.85. The number of hydrogen-bond acceptors (Lipinski definition) is 6. The molecule has 2 saturated heterocycles. The molecule has 11 heteroatoms. The van der Waals surface area contributed by atoms with Crippen molar-refractivity contribution < 1.29 is 32.2 Å². The van der Waals surface area contributed by atoms with Gasteiger partial charge < -0.3 is 24.2 Å². The molecule has 1 aromatic heterocycles. The second-order valence-corrected chi connectivity index (χ2v) is 9.13. The van der Waals surface area contributed by atoms with Gasteiger partial charge in [0.15, 0.2) is 0 Å². The van der Waals surface area contributed by atoms with E-state index in [1.165, 1.54) is 4.90 Å². The van der Waals surface area contributed by atoms with Crippen LogP contribution < -0.4 is 9.64 Å². The highest BCUT2D eigenvalue weighted by molar-refractivity contribution is 5.96. The van der Waals surface area contributed by atoms with E-state index >= 15 is 0 Å². The lowest BCUT2D eigenvalue weighted by Crippen LogP contribution is -2.53. The van der Waals surface area contributed by atoms with Crippen LogP contribution in [0.25, 0.3) is 0 Å². The molecule has 1 unspecified atom stereocenters. The molecule has 0 aliphatic carbocycles. The zero-order valence-electron chi connectivity index (χ0n) is 20.7. The van der Waals surface area contributed by atoms with Gasteiger partial charge in [-0.05, 0) is 31.0 Å². The van der Waals surface area contributed by atoms with E-state index in [9.17, 15) is 22.8 Å². The average Bonchev–Trinajstić information content (AvgIpc) is 2.92. The first kappa shape index (κ1) is 26.7. The van der Waals surface area contributed by atoms with Gasteiger partial charge in [0.05, 0.1) is 29.3 Å². The quantitative estimate of drug-likeness (QED) is 0.522. The summed E-state index contributed by atoms with van der Waals surface area (Å²) < 4.78 is 51.1. The molecule has 1 aromatic carbocycles. The van der Waals surface area contributed by atoms with E-state index in [1.807, 2.05) is 24.3 Å². The Morgan fingerprint density at radius 2 is 1.78 bits per heavy atom. The number of hydrogen-bond donors (Lipinski definition) is 0. The van der Waals surface area contributed by atoms with Crippen LogP contribution in [0.1, 0.15) is 28.8 Å². The molecule has 37 heavy (non-hydrogen) atoms. The molecular weight excluding hydrogens is 489 g/mol. The third kappa shape index (κ3) is 6.33. The molecule has 4 rings (SSSR count). The van der Waals surface area contributed by atoms with Crippen LogP contribution in [-0.2, 0) is 15.7 Å². The number of carbonyl (C=O) groups is 2. The normalized spacial score (nSPS) is 18.6. The number of benzene rings is 1. The molecule has 2 aliphatic rings. The first-order valence-electron chi connectivity index (χ1n) is 12.3. The molecule has 0 spiro atoms. The molecule has 0 saturated carbocycles. The van der Waals surface area contributed by atoms with Crippen molar-refractivity contribution in [2.45, 2.75) is 19.0 Å².